The number of carbonyl (C=O) groups is 2. The third kappa shape index (κ3) is 3.37. The summed E-state index contributed by atoms with van der Waals surface area (Å²) in [5.41, 5.74) is 3.87. The summed E-state index contributed by atoms with van der Waals surface area (Å²) in [6.07, 6.45) is 2.05. The smallest absolute Gasteiger partial charge is 0.266 e. The van der Waals surface area contributed by atoms with Crippen molar-refractivity contribution in [3.63, 3.8) is 0 Å². The third-order valence-corrected chi connectivity index (χ3v) is 5.98. The monoisotopic (exact) mass is 432 g/mol. The lowest BCUT2D eigenvalue weighted by Gasteiger charge is -2.40. The molecular formula is C24H24N4O4. The van der Waals surface area contributed by atoms with Gasteiger partial charge in [0, 0.05) is 23.0 Å². The van der Waals surface area contributed by atoms with Gasteiger partial charge < -0.3 is 19.4 Å². The third-order valence-electron chi connectivity index (χ3n) is 5.98. The Bertz CT molecular complexity index is 1230. The SMILES string of the molecule is CCOc1ccc(C=NN2CC(=O)N3Cc4[nH]c5ccccc5c4C[C@@H]3C2=O)cc1OC. The van der Waals surface area contributed by atoms with E-state index in [4.69, 9.17) is 9.47 Å². The molecule has 8 heteroatoms. The molecule has 3 aromatic rings. The normalized spacial score (nSPS) is 18.2. The summed E-state index contributed by atoms with van der Waals surface area (Å²) in [5.74, 6) is 0.945. The molecule has 0 bridgehead atoms. The number of carbonyl (C=O) groups excluding carboxylic acids is 2. The van der Waals surface area contributed by atoms with Gasteiger partial charge in [-0.1, -0.05) is 18.2 Å². The fraction of sp³-hybridized carbons (Fsp3) is 0.292. The van der Waals surface area contributed by atoms with Crippen molar-refractivity contribution in [1.82, 2.24) is 14.9 Å². The quantitative estimate of drug-likeness (QED) is 0.628. The molecule has 2 aliphatic rings. The lowest BCUT2D eigenvalue weighted by molar-refractivity contribution is -0.157. The van der Waals surface area contributed by atoms with E-state index in [2.05, 4.69) is 10.1 Å². The molecule has 32 heavy (non-hydrogen) atoms. The largest absolute Gasteiger partial charge is 0.493 e. The lowest BCUT2D eigenvalue weighted by Crippen LogP contribution is -2.60. The molecule has 3 heterocycles. The number of fused-ring (bicyclic) bond motifs is 4. The molecule has 0 unspecified atom stereocenters. The molecule has 0 spiro atoms. The van der Waals surface area contributed by atoms with Crippen LogP contribution in [0.25, 0.3) is 10.9 Å². The molecule has 1 aromatic heterocycles. The Kier molecular flexibility index (Phi) is 5.05. The maximum absolute atomic E-state index is 13.2. The number of methoxy groups -OCH3 is 1. The second-order valence-corrected chi connectivity index (χ2v) is 7.85. The Morgan fingerprint density at radius 1 is 1.16 bits per heavy atom. The highest BCUT2D eigenvalue weighted by Crippen LogP contribution is 2.32. The van der Waals surface area contributed by atoms with E-state index in [0.717, 1.165) is 27.7 Å². The number of hydrogen-bond donors (Lipinski definition) is 1. The van der Waals surface area contributed by atoms with Crippen molar-refractivity contribution >= 4 is 28.9 Å². The van der Waals surface area contributed by atoms with Gasteiger partial charge in [0.15, 0.2) is 11.5 Å². The number of amides is 2. The summed E-state index contributed by atoms with van der Waals surface area (Å²) in [6.45, 7) is 2.77. The number of H-pyrrole nitrogens is 1. The minimum absolute atomic E-state index is 0.0738. The zero-order valence-corrected chi connectivity index (χ0v) is 18.0. The van der Waals surface area contributed by atoms with Crippen LogP contribution < -0.4 is 9.47 Å². The van der Waals surface area contributed by atoms with Crippen molar-refractivity contribution in [2.75, 3.05) is 20.3 Å². The van der Waals surface area contributed by atoms with Crippen molar-refractivity contribution in [3.05, 3.63) is 59.3 Å². The molecule has 2 amide bonds. The van der Waals surface area contributed by atoms with E-state index >= 15 is 0 Å². The minimum Gasteiger partial charge on any atom is -0.493 e. The number of rotatable bonds is 5. The number of hydrogen-bond acceptors (Lipinski definition) is 5. The number of benzene rings is 2. The maximum Gasteiger partial charge on any atom is 0.266 e. The first-order valence-electron chi connectivity index (χ1n) is 10.6. The van der Waals surface area contributed by atoms with E-state index in [9.17, 15) is 9.59 Å². The Balaban J connectivity index is 1.39. The molecule has 5 rings (SSSR count). The Labute approximate surface area is 185 Å². The summed E-state index contributed by atoms with van der Waals surface area (Å²) in [7, 11) is 1.57. The van der Waals surface area contributed by atoms with Gasteiger partial charge >= 0.3 is 0 Å². The number of aromatic nitrogens is 1. The standard InChI is InChI=1S/C24H24N4O4/c1-3-32-21-9-8-15(10-22(21)31-2)12-25-28-14-23(29)27-13-19-17(11-20(27)24(28)30)16-6-4-5-7-18(16)26-19/h4-10,12,20,26H,3,11,13-14H2,1-2H3/t20-/m1/s1. The van der Waals surface area contributed by atoms with E-state index in [0.29, 0.717) is 31.1 Å². The molecule has 1 fully saturated rings. The number of hydrazone groups is 1. The molecule has 1 atom stereocenters. The van der Waals surface area contributed by atoms with Gasteiger partial charge in [-0.25, -0.2) is 5.01 Å². The topological polar surface area (TPSA) is 87.2 Å². The molecule has 2 aliphatic heterocycles. The van der Waals surface area contributed by atoms with Crippen LogP contribution in [0.4, 0.5) is 0 Å². The molecule has 0 saturated carbocycles. The summed E-state index contributed by atoms with van der Waals surface area (Å²) in [6, 6.07) is 12.9. The zero-order chi connectivity index (χ0) is 22.2. The van der Waals surface area contributed by atoms with Gasteiger partial charge in [0.2, 0.25) is 5.91 Å². The average Bonchev–Trinajstić information content (AvgIpc) is 3.18. The summed E-state index contributed by atoms with van der Waals surface area (Å²) in [4.78, 5) is 31.1. The van der Waals surface area contributed by atoms with Gasteiger partial charge in [0.1, 0.15) is 12.6 Å². The fourth-order valence-electron chi connectivity index (χ4n) is 4.43. The maximum atomic E-state index is 13.2. The second kappa shape index (κ2) is 8.03. The number of aromatic amines is 1. The van der Waals surface area contributed by atoms with E-state index in [-0.39, 0.29) is 18.4 Å². The predicted molar refractivity (Wildman–Crippen MR) is 120 cm³/mol. The minimum atomic E-state index is -0.546. The lowest BCUT2D eigenvalue weighted by atomic mass is 9.94. The number of piperazine rings is 1. The summed E-state index contributed by atoms with van der Waals surface area (Å²) < 4.78 is 10.9. The van der Waals surface area contributed by atoms with Crippen molar-refractivity contribution in [1.29, 1.82) is 0 Å². The van der Waals surface area contributed by atoms with Crippen LogP contribution in [0.3, 0.4) is 0 Å². The van der Waals surface area contributed by atoms with Crippen molar-refractivity contribution in [2.24, 2.45) is 5.10 Å². The van der Waals surface area contributed by atoms with Crippen LogP contribution in [0, 0.1) is 0 Å². The van der Waals surface area contributed by atoms with Gasteiger partial charge in [-0.15, -0.1) is 0 Å². The number of nitrogens with zero attached hydrogens (tertiary/aromatic N) is 3. The second-order valence-electron chi connectivity index (χ2n) is 7.85. The molecule has 164 valence electrons. The molecular weight excluding hydrogens is 408 g/mol. The van der Waals surface area contributed by atoms with Crippen molar-refractivity contribution < 1.29 is 19.1 Å². The molecule has 0 radical (unpaired) electrons. The number of nitrogens with one attached hydrogen (secondary N) is 1. The van der Waals surface area contributed by atoms with Crippen LogP contribution in [-0.4, -0.2) is 59.2 Å². The average molecular weight is 432 g/mol. The highest BCUT2D eigenvalue weighted by atomic mass is 16.5. The molecule has 8 nitrogen and oxygen atoms in total. The van der Waals surface area contributed by atoms with Gasteiger partial charge in [-0.05, 0) is 42.3 Å². The van der Waals surface area contributed by atoms with Crippen molar-refractivity contribution in [2.45, 2.75) is 25.9 Å². The van der Waals surface area contributed by atoms with E-state index in [1.165, 1.54) is 5.01 Å². The number of para-hydroxylation sites is 1. The summed E-state index contributed by atoms with van der Waals surface area (Å²) in [5, 5.41) is 6.71. The van der Waals surface area contributed by atoms with Crippen LogP contribution in [-0.2, 0) is 22.6 Å². The predicted octanol–water partition coefficient (Wildman–Crippen LogP) is 2.70. The Hall–Kier alpha value is -3.81. The first kappa shape index (κ1) is 20.1. The highest BCUT2D eigenvalue weighted by Gasteiger charge is 2.43. The van der Waals surface area contributed by atoms with Crippen LogP contribution in [0.2, 0.25) is 0 Å². The zero-order valence-electron chi connectivity index (χ0n) is 18.0. The first-order valence-corrected chi connectivity index (χ1v) is 10.6. The van der Waals surface area contributed by atoms with Gasteiger partial charge in [0.05, 0.1) is 26.5 Å². The van der Waals surface area contributed by atoms with Crippen LogP contribution >= 0.6 is 0 Å². The molecule has 1 saturated heterocycles. The summed E-state index contributed by atoms with van der Waals surface area (Å²) >= 11 is 0. The van der Waals surface area contributed by atoms with Crippen LogP contribution in [0.5, 0.6) is 11.5 Å². The van der Waals surface area contributed by atoms with Crippen LogP contribution in [0.1, 0.15) is 23.7 Å². The molecule has 2 aromatic carbocycles. The Morgan fingerprint density at radius 3 is 2.81 bits per heavy atom. The first-order chi connectivity index (χ1) is 15.6. The molecule has 0 aliphatic carbocycles. The molecule has 1 N–H and O–H groups in total. The van der Waals surface area contributed by atoms with Gasteiger partial charge in [-0.2, -0.15) is 5.10 Å². The van der Waals surface area contributed by atoms with E-state index < -0.39 is 6.04 Å². The van der Waals surface area contributed by atoms with E-state index in [1.54, 1.807) is 30.4 Å². The van der Waals surface area contributed by atoms with E-state index in [1.807, 2.05) is 37.3 Å². The fourth-order valence-corrected chi connectivity index (χ4v) is 4.43. The van der Waals surface area contributed by atoms with Gasteiger partial charge in [-0.3, -0.25) is 9.59 Å². The van der Waals surface area contributed by atoms with Crippen LogP contribution in [0.15, 0.2) is 47.6 Å². The Morgan fingerprint density at radius 2 is 2.00 bits per heavy atom. The van der Waals surface area contributed by atoms with Crippen molar-refractivity contribution in [3.8, 4) is 11.5 Å². The number of ether oxygens (including phenoxy) is 2. The van der Waals surface area contributed by atoms with Gasteiger partial charge in [0.25, 0.3) is 5.91 Å². The highest BCUT2D eigenvalue weighted by molar-refractivity contribution is 5.97.